The zero-order chi connectivity index (χ0) is 41.4. The highest BCUT2D eigenvalue weighted by Crippen LogP contribution is 2.12. The number of amides is 1. The molecule has 0 saturated heterocycles. The Morgan fingerprint density at radius 2 is 0.789 bits per heavy atom. The van der Waals surface area contributed by atoms with Crippen molar-refractivity contribution in [2.75, 3.05) is 6.61 Å². The summed E-state index contributed by atoms with van der Waals surface area (Å²) in [4.78, 5) is 12.4. The summed E-state index contributed by atoms with van der Waals surface area (Å²) in [5.41, 5.74) is 0. The van der Waals surface area contributed by atoms with Crippen LogP contribution in [0.5, 0.6) is 0 Å². The van der Waals surface area contributed by atoms with E-state index in [0.717, 1.165) is 96.3 Å². The Kier molecular flexibility index (Phi) is 44.5. The lowest BCUT2D eigenvalue weighted by atomic mass is 10.1. The normalized spacial score (nSPS) is 14.1. The molecule has 1 amide bonds. The molecule has 0 bridgehead atoms. The molecule has 0 aromatic carbocycles. The Bertz CT molecular complexity index is 1160. The van der Waals surface area contributed by atoms with E-state index in [1.165, 1.54) is 70.6 Å². The van der Waals surface area contributed by atoms with Gasteiger partial charge in [-0.25, -0.2) is 0 Å². The smallest absolute Gasteiger partial charge is 0.220 e. The fourth-order valence-corrected chi connectivity index (χ4v) is 6.13. The van der Waals surface area contributed by atoms with E-state index >= 15 is 0 Å². The molecule has 0 radical (unpaired) electrons. The van der Waals surface area contributed by atoms with Gasteiger partial charge in [0.2, 0.25) is 5.91 Å². The van der Waals surface area contributed by atoms with Gasteiger partial charge in [0.15, 0.2) is 0 Å². The van der Waals surface area contributed by atoms with E-state index in [1.54, 1.807) is 6.08 Å². The van der Waals surface area contributed by atoms with E-state index in [0.29, 0.717) is 6.42 Å². The van der Waals surface area contributed by atoms with E-state index in [1.807, 2.05) is 6.08 Å². The first-order valence-electron chi connectivity index (χ1n) is 23.2. The van der Waals surface area contributed by atoms with Crippen molar-refractivity contribution in [3.8, 4) is 0 Å². The van der Waals surface area contributed by atoms with Crippen molar-refractivity contribution >= 4 is 5.91 Å². The van der Waals surface area contributed by atoms with Crippen LogP contribution in [-0.2, 0) is 4.79 Å². The Balaban J connectivity index is 3.78. The van der Waals surface area contributed by atoms with Gasteiger partial charge in [-0.2, -0.15) is 0 Å². The maximum Gasteiger partial charge on any atom is 0.220 e. The number of hydrogen-bond acceptors (Lipinski definition) is 3. The molecule has 0 saturated carbocycles. The number of carbonyl (C=O) groups is 1. The maximum atomic E-state index is 12.4. The number of allylic oxidation sites excluding steroid dienone is 19. The molecule has 0 aliphatic carbocycles. The highest BCUT2D eigenvalue weighted by molar-refractivity contribution is 5.76. The van der Waals surface area contributed by atoms with E-state index in [-0.39, 0.29) is 12.5 Å². The van der Waals surface area contributed by atoms with Gasteiger partial charge in [-0.1, -0.05) is 200 Å². The van der Waals surface area contributed by atoms with Gasteiger partial charge >= 0.3 is 0 Å². The number of aliphatic hydroxyl groups excluding tert-OH is 2. The molecule has 0 spiro atoms. The van der Waals surface area contributed by atoms with Crippen LogP contribution in [0.1, 0.15) is 187 Å². The lowest BCUT2D eigenvalue weighted by Crippen LogP contribution is -2.45. The van der Waals surface area contributed by atoms with Gasteiger partial charge in [-0.15, -0.1) is 0 Å². The van der Waals surface area contributed by atoms with Gasteiger partial charge < -0.3 is 15.5 Å². The van der Waals surface area contributed by atoms with E-state index in [9.17, 15) is 15.0 Å². The molecule has 0 rings (SSSR count). The van der Waals surface area contributed by atoms with Crippen molar-refractivity contribution in [2.45, 2.75) is 199 Å². The largest absolute Gasteiger partial charge is 0.394 e. The van der Waals surface area contributed by atoms with E-state index < -0.39 is 12.1 Å². The predicted molar refractivity (Wildman–Crippen MR) is 252 cm³/mol. The molecular formula is C53H87NO3. The van der Waals surface area contributed by atoms with Crippen LogP contribution in [0.15, 0.2) is 122 Å². The highest BCUT2D eigenvalue weighted by atomic mass is 16.3. The van der Waals surface area contributed by atoms with Crippen molar-refractivity contribution in [3.63, 3.8) is 0 Å². The van der Waals surface area contributed by atoms with E-state index in [2.05, 4.69) is 129 Å². The van der Waals surface area contributed by atoms with Crippen LogP contribution in [0, 0.1) is 0 Å². The molecule has 0 aromatic rings. The maximum absolute atomic E-state index is 12.4. The van der Waals surface area contributed by atoms with Gasteiger partial charge in [0.25, 0.3) is 0 Å². The zero-order valence-corrected chi connectivity index (χ0v) is 36.8. The molecule has 2 unspecified atom stereocenters. The molecule has 0 aliphatic heterocycles. The summed E-state index contributed by atoms with van der Waals surface area (Å²) in [6.45, 7) is 4.15. The first-order valence-corrected chi connectivity index (χ1v) is 23.2. The summed E-state index contributed by atoms with van der Waals surface area (Å²) >= 11 is 0. The topological polar surface area (TPSA) is 69.6 Å². The first kappa shape index (κ1) is 53.8. The summed E-state index contributed by atoms with van der Waals surface area (Å²) in [6.07, 6.45) is 73.1. The molecule has 2 atom stereocenters. The van der Waals surface area contributed by atoms with Gasteiger partial charge in [0.05, 0.1) is 18.8 Å². The van der Waals surface area contributed by atoms with Crippen molar-refractivity contribution in [2.24, 2.45) is 0 Å². The highest BCUT2D eigenvalue weighted by Gasteiger charge is 2.17. The Labute approximate surface area is 352 Å². The van der Waals surface area contributed by atoms with Crippen molar-refractivity contribution in [1.29, 1.82) is 0 Å². The molecule has 57 heavy (non-hydrogen) atoms. The van der Waals surface area contributed by atoms with Gasteiger partial charge in [-0.05, 0) is 103 Å². The Morgan fingerprint density at radius 3 is 1.23 bits per heavy atom. The number of unbranched alkanes of at least 4 members (excludes halogenated alkanes) is 15. The van der Waals surface area contributed by atoms with Crippen LogP contribution in [0.2, 0.25) is 0 Å². The molecule has 0 aliphatic rings. The molecule has 0 heterocycles. The third-order valence-electron chi connectivity index (χ3n) is 9.66. The average Bonchev–Trinajstić information content (AvgIpc) is 3.22. The second kappa shape index (κ2) is 47.2. The fourth-order valence-electron chi connectivity index (χ4n) is 6.13. The molecular weight excluding hydrogens is 699 g/mol. The van der Waals surface area contributed by atoms with Crippen molar-refractivity contribution in [1.82, 2.24) is 5.32 Å². The Hall–Kier alpha value is -3.21. The number of aliphatic hydroxyl groups is 2. The molecule has 4 heteroatoms. The van der Waals surface area contributed by atoms with Crippen LogP contribution in [0.4, 0.5) is 0 Å². The van der Waals surface area contributed by atoms with Crippen LogP contribution < -0.4 is 5.32 Å². The summed E-state index contributed by atoms with van der Waals surface area (Å²) in [5.74, 6) is -0.116. The molecule has 0 fully saturated rings. The summed E-state index contributed by atoms with van der Waals surface area (Å²) < 4.78 is 0. The quantitative estimate of drug-likeness (QED) is 0.0428. The summed E-state index contributed by atoms with van der Waals surface area (Å²) in [5, 5.41) is 23.0. The minimum absolute atomic E-state index is 0.116. The summed E-state index contributed by atoms with van der Waals surface area (Å²) in [6, 6.07) is -0.673. The SMILES string of the molecule is CC/C=C\C/C=C\C/C=C\C/C=C\C/C=C\C/C=C\C/C=C\CCCCCC(=O)NC(CO)C(O)/C=C/CC/C=C/CC/C=C/CCCCCCCCCCCC. The fraction of sp³-hybridized carbons (Fsp3) is 0.604. The van der Waals surface area contributed by atoms with Crippen LogP contribution in [-0.4, -0.2) is 34.9 Å². The van der Waals surface area contributed by atoms with Gasteiger partial charge in [0, 0.05) is 6.42 Å². The van der Waals surface area contributed by atoms with Crippen molar-refractivity contribution < 1.29 is 15.0 Å². The standard InChI is InChI=1S/C53H87NO3/c1-3-5-7-9-11-13-15-17-19-21-23-25-26-27-28-29-31-33-35-37-39-41-43-45-47-49-53(57)54-51(50-55)52(56)48-46-44-42-40-38-36-34-32-30-24-22-20-18-16-14-12-10-8-6-4-2/h5,7,11,13,17,19,23,25,27-28,30-33,37-40,46,48,51-52,55-56H,3-4,6,8-10,12,14-16,18,20-22,24,26,29,34-36,41-45,47,49-50H2,1-2H3,(H,54,57)/b7-5-,13-11-,19-17-,25-23-,28-27-,32-30+,33-31-,39-37-,40-38+,48-46+. The minimum atomic E-state index is -0.894. The number of nitrogens with one attached hydrogen (secondary N) is 1. The van der Waals surface area contributed by atoms with Crippen LogP contribution in [0.3, 0.4) is 0 Å². The van der Waals surface area contributed by atoms with Gasteiger partial charge in [-0.3, -0.25) is 4.79 Å². The molecule has 4 nitrogen and oxygen atoms in total. The third kappa shape index (κ3) is 43.8. The summed E-state index contributed by atoms with van der Waals surface area (Å²) in [7, 11) is 0. The molecule has 3 N–H and O–H groups in total. The van der Waals surface area contributed by atoms with Gasteiger partial charge in [0.1, 0.15) is 0 Å². The molecule has 322 valence electrons. The predicted octanol–water partition coefficient (Wildman–Crippen LogP) is 15.0. The van der Waals surface area contributed by atoms with E-state index in [4.69, 9.17) is 0 Å². The average molecular weight is 786 g/mol. The van der Waals surface area contributed by atoms with Crippen LogP contribution >= 0.6 is 0 Å². The number of carbonyl (C=O) groups excluding carboxylic acids is 1. The first-order chi connectivity index (χ1) is 28.2. The number of rotatable bonds is 40. The van der Waals surface area contributed by atoms with Crippen molar-refractivity contribution in [3.05, 3.63) is 122 Å². The van der Waals surface area contributed by atoms with Crippen LogP contribution in [0.25, 0.3) is 0 Å². The third-order valence-corrected chi connectivity index (χ3v) is 9.66. The Morgan fingerprint density at radius 1 is 0.439 bits per heavy atom. The monoisotopic (exact) mass is 786 g/mol. The second-order valence-electron chi connectivity index (χ2n) is 15.1. The lowest BCUT2D eigenvalue weighted by molar-refractivity contribution is -0.123. The zero-order valence-electron chi connectivity index (χ0n) is 36.8. The lowest BCUT2D eigenvalue weighted by Gasteiger charge is -2.19. The minimum Gasteiger partial charge on any atom is -0.394 e. The second-order valence-corrected chi connectivity index (χ2v) is 15.1. The number of hydrogen-bond donors (Lipinski definition) is 3. The molecule has 0 aromatic heterocycles.